The third-order valence-electron chi connectivity index (χ3n) is 10.0. The lowest BCUT2D eigenvalue weighted by Crippen LogP contribution is -2.68. The van der Waals surface area contributed by atoms with Crippen molar-refractivity contribution in [3.05, 3.63) is 122 Å². The molecule has 2 N–H and O–H groups in total. The molecule has 0 radical (unpaired) electrons. The average molecular weight is 751 g/mol. The standard InChI is InChI=1S/C39H41ClF2N2O5SSi/c1-24-17-28-33(43-36(46)44-35(28)45)34(32(24)27-18-29(40)31(42)19-30(27)41)50-23-38(20-39(21-38,47-5)48-6)22-49-51(37(2,3)4,25-13-9-7-10-14-25)26-15-11-8-12-16-26/h7-19H,20-23H2,1-6H3,(H2,43,44,45,46). The average Bonchev–Trinajstić information content (AvgIpc) is 3.08. The maximum absolute atomic E-state index is 15.6. The highest BCUT2D eigenvalue weighted by atomic mass is 35.5. The smallest absolute Gasteiger partial charge is 0.326 e. The Morgan fingerprint density at radius 2 is 1.47 bits per heavy atom. The number of nitrogens with one attached hydrogen (secondary N) is 2. The van der Waals surface area contributed by atoms with Crippen LogP contribution in [0.25, 0.3) is 22.0 Å². The second-order valence-electron chi connectivity index (χ2n) is 14.4. The molecule has 1 aliphatic carbocycles. The number of halogens is 3. The van der Waals surface area contributed by atoms with Gasteiger partial charge in [0.15, 0.2) is 5.79 Å². The summed E-state index contributed by atoms with van der Waals surface area (Å²) in [5.74, 6) is -2.12. The molecule has 1 fully saturated rings. The third-order valence-corrected chi connectivity index (χ3v) is 16.8. The van der Waals surface area contributed by atoms with Gasteiger partial charge >= 0.3 is 5.69 Å². The minimum atomic E-state index is -2.95. The monoisotopic (exact) mass is 750 g/mol. The second-order valence-corrected chi connectivity index (χ2v) is 20.1. The molecule has 51 heavy (non-hydrogen) atoms. The zero-order valence-corrected chi connectivity index (χ0v) is 32.0. The molecule has 1 heterocycles. The Balaban J connectivity index is 1.49. The minimum Gasteiger partial charge on any atom is -0.407 e. The van der Waals surface area contributed by atoms with E-state index in [9.17, 15) is 14.0 Å². The van der Waals surface area contributed by atoms with Gasteiger partial charge in [-0.2, -0.15) is 0 Å². The van der Waals surface area contributed by atoms with Crippen molar-refractivity contribution < 1.29 is 22.7 Å². The zero-order valence-electron chi connectivity index (χ0n) is 29.4. The van der Waals surface area contributed by atoms with Gasteiger partial charge < -0.3 is 18.9 Å². The summed E-state index contributed by atoms with van der Waals surface area (Å²) < 4.78 is 49.1. The van der Waals surface area contributed by atoms with Crippen LogP contribution in [0.1, 0.15) is 39.2 Å². The van der Waals surface area contributed by atoms with Gasteiger partial charge in [-0.05, 0) is 40.0 Å². The first kappa shape index (κ1) is 37.2. The van der Waals surface area contributed by atoms with Gasteiger partial charge in [-0.15, -0.1) is 11.8 Å². The highest BCUT2D eigenvalue weighted by molar-refractivity contribution is 7.99. The fourth-order valence-electron chi connectivity index (χ4n) is 7.56. The summed E-state index contributed by atoms with van der Waals surface area (Å²) in [4.78, 5) is 31.2. The first-order chi connectivity index (χ1) is 24.2. The van der Waals surface area contributed by atoms with Crippen molar-refractivity contribution in [2.75, 3.05) is 26.6 Å². The van der Waals surface area contributed by atoms with Crippen molar-refractivity contribution in [1.82, 2.24) is 9.97 Å². The third kappa shape index (κ3) is 6.76. The number of rotatable bonds is 11. The molecule has 0 bridgehead atoms. The van der Waals surface area contributed by atoms with E-state index < -0.39 is 42.4 Å². The Labute approximate surface area is 305 Å². The number of aryl methyl sites for hydroxylation is 1. The molecule has 0 saturated heterocycles. The van der Waals surface area contributed by atoms with Crippen LogP contribution in [0.2, 0.25) is 10.1 Å². The first-order valence-electron chi connectivity index (χ1n) is 16.6. The number of benzene rings is 4. The van der Waals surface area contributed by atoms with Gasteiger partial charge in [-0.25, -0.2) is 13.6 Å². The number of ether oxygens (including phenoxy) is 2. The van der Waals surface area contributed by atoms with Gasteiger partial charge in [0.2, 0.25) is 0 Å². The number of thioether (sulfide) groups is 1. The molecule has 1 saturated carbocycles. The molecule has 1 aromatic heterocycles. The van der Waals surface area contributed by atoms with E-state index in [0.717, 1.165) is 16.4 Å². The van der Waals surface area contributed by atoms with Crippen LogP contribution in [0, 0.1) is 24.0 Å². The van der Waals surface area contributed by atoms with Crippen LogP contribution in [-0.4, -0.2) is 50.7 Å². The molecule has 0 unspecified atom stereocenters. The number of hydrogen-bond donors (Lipinski definition) is 2. The van der Waals surface area contributed by atoms with Gasteiger partial charge in [0, 0.05) is 66.9 Å². The maximum atomic E-state index is 15.6. The predicted molar refractivity (Wildman–Crippen MR) is 203 cm³/mol. The fraction of sp³-hybridized carbons (Fsp3) is 0.333. The summed E-state index contributed by atoms with van der Waals surface area (Å²) in [5.41, 5.74) is -0.529. The molecule has 5 aromatic rings. The summed E-state index contributed by atoms with van der Waals surface area (Å²) in [6, 6.07) is 24.3. The molecule has 0 spiro atoms. The summed E-state index contributed by atoms with van der Waals surface area (Å²) in [7, 11) is 0.287. The first-order valence-corrected chi connectivity index (χ1v) is 19.9. The number of aromatic nitrogens is 2. The van der Waals surface area contributed by atoms with Crippen molar-refractivity contribution >= 4 is 53.0 Å². The number of fused-ring (bicyclic) bond motifs is 1. The molecule has 0 amide bonds. The Hall–Kier alpha value is -3.58. The van der Waals surface area contributed by atoms with Gasteiger partial charge in [-0.1, -0.05) is 93.0 Å². The summed E-state index contributed by atoms with van der Waals surface area (Å²) >= 11 is 7.55. The number of hydrogen-bond acceptors (Lipinski definition) is 6. The molecule has 0 aliphatic heterocycles. The zero-order chi connectivity index (χ0) is 36.8. The molecule has 268 valence electrons. The van der Waals surface area contributed by atoms with Crippen molar-refractivity contribution in [2.45, 2.75) is 56.3 Å². The van der Waals surface area contributed by atoms with E-state index in [1.54, 1.807) is 27.2 Å². The number of methoxy groups -OCH3 is 2. The van der Waals surface area contributed by atoms with E-state index in [4.69, 9.17) is 25.5 Å². The summed E-state index contributed by atoms with van der Waals surface area (Å²) in [6.45, 7) is 8.74. The van der Waals surface area contributed by atoms with Crippen LogP contribution in [0.3, 0.4) is 0 Å². The van der Waals surface area contributed by atoms with Crippen LogP contribution in [0.15, 0.2) is 93.3 Å². The van der Waals surface area contributed by atoms with E-state index in [0.29, 0.717) is 41.2 Å². The number of aromatic amines is 2. The Bertz CT molecular complexity index is 2140. The van der Waals surface area contributed by atoms with Gasteiger partial charge in [0.25, 0.3) is 13.9 Å². The molecular weight excluding hydrogens is 710 g/mol. The number of H-pyrrole nitrogens is 2. The highest BCUT2D eigenvalue weighted by Crippen LogP contribution is 2.55. The minimum absolute atomic E-state index is 0.0544. The lowest BCUT2D eigenvalue weighted by Gasteiger charge is -2.55. The van der Waals surface area contributed by atoms with Gasteiger partial charge in [0.1, 0.15) is 11.6 Å². The quantitative estimate of drug-likeness (QED) is 0.0627. The molecule has 6 rings (SSSR count). The largest absolute Gasteiger partial charge is 0.407 e. The lowest BCUT2D eigenvalue weighted by atomic mass is 9.66. The van der Waals surface area contributed by atoms with E-state index in [1.807, 2.05) is 36.4 Å². The van der Waals surface area contributed by atoms with Gasteiger partial charge in [-0.3, -0.25) is 9.78 Å². The van der Waals surface area contributed by atoms with Crippen molar-refractivity contribution in [1.29, 1.82) is 0 Å². The summed E-state index contributed by atoms with van der Waals surface area (Å²) in [5, 5.41) is 2.00. The van der Waals surface area contributed by atoms with Crippen molar-refractivity contribution in [3.8, 4) is 11.1 Å². The fourth-order valence-corrected chi connectivity index (χ4v) is 13.9. The van der Waals surface area contributed by atoms with Crippen molar-refractivity contribution in [3.63, 3.8) is 0 Å². The normalized spacial score (nSPS) is 15.5. The SMILES string of the molecule is COC1(OC)CC(CO[Si](c2ccccc2)(c2ccccc2)C(C)(C)C)(CSc2c(-c3cc(Cl)c(F)cc3F)c(C)cc3c(=O)[nH]c(=O)[nH]c23)C1. The van der Waals surface area contributed by atoms with Crippen LogP contribution < -0.4 is 21.6 Å². The van der Waals surface area contributed by atoms with Crippen LogP contribution in [0.5, 0.6) is 0 Å². The molecule has 4 aromatic carbocycles. The molecule has 1 aliphatic rings. The van der Waals surface area contributed by atoms with E-state index >= 15 is 4.39 Å². The molecule has 7 nitrogen and oxygen atoms in total. The Kier molecular flexibility index (Phi) is 10.3. The van der Waals surface area contributed by atoms with E-state index in [-0.39, 0.29) is 26.5 Å². The van der Waals surface area contributed by atoms with E-state index in [2.05, 4.69) is 55.0 Å². The predicted octanol–water partition coefficient (Wildman–Crippen LogP) is 7.56. The molecule has 12 heteroatoms. The van der Waals surface area contributed by atoms with Crippen molar-refractivity contribution in [2.24, 2.45) is 5.41 Å². The van der Waals surface area contributed by atoms with Crippen LogP contribution in [0.4, 0.5) is 8.78 Å². The van der Waals surface area contributed by atoms with Crippen LogP contribution >= 0.6 is 23.4 Å². The highest BCUT2D eigenvalue weighted by Gasteiger charge is 2.58. The Morgan fingerprint density at radius 1 is 0.882 bits per heavy atom. The second kappa shape index (κ2) is 14.1. The lowest BCUT2D eigenvalue weighted by molar-refractivity contribution is -0.296. The summed E-state index contributed by atoms with van der Waals surface area (Å²) in [6.07, 6.45) is 0.982. The van der Waals surface area contributed by atoms with Crippen LogP contribution in [-0.2, 0) is 13.9 Å². The van der Waals surface area contributed by atoms with E-state index in [1.165, 1.54) is 17.8 Å². The maximum Gasteiger partial charge on any atom is 0.326 e. The molecule has 0 atom stereocenters. The molecular formula is C39H41ClF2N2O5SSi. The topological polar surface area (TPSA) is 93.4 Å². The Morgan fingerprint density at radius 3 is 2.02 bits per heavy atom. The van der Waals surface area contributed by atoms with Gasteiger partial charge in [0.05, 0.1) is 15.9 Å².